The third-order valence-corrected chi connectivity index (χ3v) is 3.79. The first-order valence-electron chi connectivity index (χ1n) is 6.91. The fourth-order valence-electron chi connectivity index (χ4n) is 2.10. The summed E-state index contributed by atoms with van der Waals surface area (Å²) in [5.74, 6) is -0.776. The first kappa shape index (κ1) is 17.1. The summed E-state index contributed by atoms with van der Waals surface area (Å²) in [4.78, 5) is 12.1. The van der Waals surface area contributed by atoms with E-state index in [1.165, 1.54) is 24.3 Å². The van der Waals surface area contributed by atoms with Crippen molar-refractivity contribution in [2.24, 2.45) is 0 Å². The molecule has 0 aliphatic carbocycles. The Hall–Kier alpha value is -2.25. The van der Waals surface area contributed by atoms with Crippen LogP contribution in [-0.4, -0.2) is 20.6 Å². The molecule has 2 aromatic carbocycles. The quantitative estimate of drug-likeness (QED) is 0.851. The van der Waals surface area contributed by atoms with Crippen molar-refractivity contribution in [2.45, 2.75) is 12.5 Å². The van der Waals surface area contributed by atoms with Crippen LogP contribution in [0.3, 0.4) is 0 Å². The van der Waals surface area contributed by atoms with Crippen molar-refractivity contribution in [1.82, 2.24) is 4.72 Å². The van der Waals surface area contributed by atoms with Crippen LogP contribution in [0.5, 0.6) is 0 Å². The van der Waals surface area contributed by atoms with Gasteiger partial charge in [0.2, 0.25) is 15.9 Å². The average Bonchev–Trinajstić information content (AvgIpc) is 2.47. The lowest BCUT2D eigenvalue weighted by Gasteiger charge is -2.17. The molecule has 2 rings (SSSR count). The summed E-state index contributed by atoms with van der Waals surface area (Å²) in [6.07, 6.45) is 0.909. The first-order valence-corrected chi connectivity index (χ1v) is 8.80. The second kappa shape index (κ2) is 7.34. The van der Waals surface area contributed by atoms with E-state index in [0.717, 1.165) is 6.26 Å². The second-order valence-corrected chi connectivity index (χ2v) is 6.89. The topological polar surface area (TPSA) is 75.3 Å². The van der Waals surface area contributed by atoms with E-state index in [2.05, 4.69) is 10.0 Å². The van der Waals surface area contributed by atoms with E-state index in [9.17, 15) is 17.6 Å². The Labute approximate surface area is 134 Å². The van der Waals surface area contributed by atoms with Gasteiger partial charge in [-0.1, -0.05) is 30.3 Å². The van der Waals surface area contributed by atoms with Crippen molar-refractivity contribution >= 4 is 21.6 Å². The minimum absolute atomic E-state index is 0.104. The molecule has 7 heteroatoms. The number of anilines is 1. The Morgan fingerprint density at radius 2 is 1.70 bits per heavy atom. The second-order valence-electron chi connectivity index (χ2n) is 5.11. The van der Waals surface area contributed by atoms with Gasteiger partial charge in [-0.25, -0.2) is 17.5 Å². The number of benzene rings is 2. The molecule has 1 amide bonds. The molecule has 2 aromatic rings. The van der Waals surface area contributed by atoms with Crippen LogP contribution in [0.25, 0.3) is 0 Å². The summed E-state index contributed by atoms with van der Waals surface area (Å²) in [5.41, 5.74) is 1.13. The van der Waals surface area contributed by atoms with Gasteiger partial charge in [-0.3, -0.25) is 4.79 Å². The zero-order valence-electron chi connectivity index (χ0n) is 12.5. The van der Waals surface area contributed by atoms with Crippen molar-refractivity contribution in [3.05, 3.63) is 66.0 Å². The van der Waals surface area contributed by atoms with Gasteiger partial charge < -0.3 is 5.32 Å². The van der Waals surface area contributed by atoms with E-state index in [1.54, 1.807) is 24.3 Å². The fourth-order valence-corrected chi connectivity index (χ4v) is 2.84. The van der Waals surface area contributed by atoms with Gasteiger partial charge in [-0.2, -0.15) is 0 Å². The predicted octanol–water partition coefficient (Wildman–Crippen LogP) is 2.44. The molecule has 0 fully saturated rings. The Morgan fingerprint density at radius 1 is 1.09 bits per heavy atom. The zero-order chi connectivity index (χ0) is 16.9. The smallest absolute Gasteiger partial charge is 0.226 e. The number of nitrogens with one attached hydrogen (secondary N) is 2. The molecule has 0 saturated carbocycles. The summed E-state index contributed by atoms with van der Waals surface area (Å²) < 4.78 is 38.4. The van der Waals surface area contributed by atoms with Crippen LogP contribution in [0.4, 0.5) is 10.1 Å². The van der Waals surface area contributed by atoms with Crippen molar-refractivity contribution in [3.63, 3.8) is 0 Å². The Kier molecular flexibility index (Phi) is 5.46. The number of carbonyl (C=O) groups excluding carboxylic acids is 1. The highest BCUT2D eigenvalue weighted by atomic mass is 32.2. The molecular formula is C16H17FN2O3S. The normalized spacial score (nSPS) is 12.6. The van der Waals surface area contributed by atoms with E-state index in [0.29, 0.717) is 11.3 Å². The number of hydrogen-bond donors (Lipinski definition) is 2. The van der Waals surface area contributed by atoms with E-state index in [4.69, 9.17) is 0 Å². The van der Waals surface area contributed by atoms with E-state index in [1.807, 2.05) is 6.07 Å². The van der Waals surface area contributed by atoms with Crippen LogP contribution in [-0.2, 0) is 14.8 Å². The molecule has 0 radical (unpaired) electrons. The third-order valence-electron chi connectivity index (χ3n) is 3.08. The van der Waals surface area contributed by atoms with E-state index >= 15 is 0 Å². The molecule has 0 saturated heterocycles. The van der Waals surface area contributed by atoms with Gasteiger partial charge in [0.25, 0.3) is 0 Å². The molecule has 122 valence electrons. The number of carbonyl (C=O) groups is 1. The molecule has 2 N–H and O–H groups in total. The fraction of sp³-hybridized carbons (Fsp3) is 0.188. The van der Waals surface area contributed by atoms with Crippen LogP contribution in [0.15, 0.2) is 54.6 Å². The zero-order valence-corrected chi connectivity index (χ0v) is 13.3. The van der Waals surface area contributed by atoms with Gasteiger partial charge in [0.1, 0.15) is 5.82 Å². The largest absolute Gasteiger partial charge is 0.326 e. The maximum absolute atomic E-state index is 13.0. The molecule has 5 nitrogen and oxygen atoms in total. The van der Waals surface area contributed by atoms with Gasteiger partial charge in [0, 0.05) is 12.1 Å². The molecule has 0 spiro atoms. The van der Waals surface area contributed by atoms with Gasteiger partial charge in [0.15, 0.2) is 0 Å². The van der Waals surface area contributed by atoms with Crippen molar-refractivity contribution in [3.8, 4) is 0 Å². The number of para-hydroxylation sites is 1. The lowest BCUT2D eigenvalue weighted by atomic mass is 10.0. The van der Waals surface area contributed by atoms with Crippen LogP contribution >= 0.6 is 0 Å². The maximum Gasteiger partial charge on any atom is 0.226 e. The third kappa shape index (κ3) is 5.80. The average molecular weight is 336 g/mol. The first-order chi connectivity index (χ1) is 10.8. The SMILES string of the molecule is CS(=O)(=O)N[C@@H](CC(=O)Nc1ccccc1)c1ccc(F)cc1. The molecule has 0 heterocycles. The Balaban J connectivity index is 2.14. The minimum Gasteiger partial charge on any atom is -0.326 e. The summed E-state index contributed by atoms with van der Waals surface area (Å²) in [7, 11) is -3.52. The number of hydrogen-bond acceptors (Lipinski definition) is 3. The molecule has 0 aliphatic heterocycles. The maximum atomic E-state index is 13.0. The molecular weight excluding hydrogens is 319 g/mol. The molecule has 1 atom stereocenters. The van der Waals surface area contributed by atoms with Gasteiger partial charge in [-0.15, -0.1) is 0 Å². The number of halogens is 1. The van der Waals surface area contributed by atoms with Crippen molar-refractivity contribution in [1.29, 1.82) is 0 Å². The lowest BCUT2D eigenvalue weighted by Crippen LogP contribution is -2.30. The summed E-state index contributed by atoms with van der Waals surface area (Å²) >= 11 is 0. The van der Waals surface area contributed by atoms with Crippen molar-refractivity contribution < 1.29 is 17.6 Å². The Morgan fingerprint density at radius 3 is 2.26 bits per heavy atom. The molecule has 0 aromatic heterocycles. The van der Waals surface area contributed by atoms with Gasteiger partial charge in [0.05, 0.1) is 12.3 Å². The number of sulfonamides is 1. The summed E-state index contributed by atoms with van der Waals surface area (Å²) in [5, 5.41) is 2.69. The highest BCUT2D eigenvalue weighted by molar-refractivity contribution is 7.88. The molecule has 0 bridgehead atoms. The molecule has 0 aliphatic rings. The number of amides is 1. The summed E-state index contributed by atoms with van der Waals surface area (Å²) in [6, 6.07) is 13.4. The molecule has 0 unspecified atom stereocenters. The van der Waals surface area contributed by atoms with Crippen LogP contribution < -0.4 is 10.0 Å². The lowest BCUT2D eigenvalue weighted by molar-refractivity contribution is -0.116. The molecule has 23 heavy (non-hydrogen) atoms. The highest BCUT2D eigenvalue weighted by Crippen LogP contribution is 2.19. The highest BCUT2D eigenvalue weighted by Gasteiger charge is 2.20. The standard InChI is InChI=1S/C16H17FN2O3S/c1-23(21,22)19-15(12-7-9-13(17)10-8-12)11-16(20)18-14-5-3-2-4-6-14/h2-10,15,19H,11H2,1H3,(H,18,20)/t15-/m0/s1. The number of rotatable bonds is 6. The van der Waals surface area contributed by atoms with Crippen LogP contribution in [0.2, 0.25) is 0 Å². The van der Waals surface area contributed by atoms with E-state index < -0.39 is 21.9 Å². The van der Waals surface area contributed by atoms with Crippen LogP contribution in [0, 0.1) is 5.82 Å². The Bertz CT molecular complexity index is 762. The van der Waals surface area contributed by atoms with Gasteiger partial charge in [-0.05, 0) is 29.8 Å². The van der Waals surface area contributed by atoms with Crippen LogP contribution in [0.1, 0.15) is 18.0 Å². The predicted molar refractivity (Wildman–Crippen MR) is 86.8 cm³/mol. The minimum atomic E-state index is -3.52. The van der Waals surface area contributed by atoms with Crippen molar-refractivity contribution in [2.75, 3.05) is 11.6 Å². The van der Waals surface area contributed by atoms with E-state index in [-0.39, 0.29) is 12.3 Å². The summed E-state index contributed by atoms with van der Waals surface area (Å²) in [6.45, 7) is 0. The van der Waals surface area contributed by atoms with Gasteiger partial charge >= 0.3 is 0 Å². The monoisotopic (exact) mass is 336 g/mol.